The summed E-state index contributed by atoms with van der Waals surface area (Å²) in [4.78, 5) is 2.66. The molecule has 0 amide bonds. The summed E-state index contributed by atoms with van der Waals surface area (Å²) in [6.45, 7) is 8.77. The van der Waals surface area contributed by atoms with Crippen molar-refractivity contribution in [2.24, 2.45) is 0 Å². The Labute approximate surface area is 129 Å². The van der Waals surface area contributed by atoms with E-state index in [-0.39, 0.29) is 0 Å². The number of nitrogens with one attached hydrogen (secondary N) is 1. The molecule has 1 N–H and O–H groups in total. The molecule has 21 heavy (non-hydrogen) atoms. The molecule has 2 atom stereocenters. The molecular weight excluding hydrogens is 260 g/mol. The molecule has 118 valence electrons. The summed E-state index contributed by atoms with van der Waals surface area (Å²) in [5, 5.41) is 3.59. The number of para-hydroxylation sites is 1. The molecule has 2 rings (SSSR count). The first-order valence-corrected chi connectivity index (χ1v) is 8.46. The number of benzene rings is 1. The summed E-state index contributed by atoms with van der Waals surface area (Å²) in [7, 11) is 0. The molecule has 1 aromatic rings. The Hall–Kier alpha value is -1.06. The largest absolute Gasteiger partial charge is 0.494 e. The molecule has 3 heteroatoms. The van der Waals surface area contributed by atoms with E-state index < -0.39 is 0 Å². The van der Waals surface area contributed by atoms with Crippen molar-refractivity contribution in [3.8, 4) is 5.75 Å². The SMILES string of the molecule is CCNC(C)C1CCCCN1CCCOc1ccccc1. The lowest BCUT2D eigenvalue weighted by Crippen LogP contribution is -2.51. The number of hydrogen-bond donors (Lipinski definition) is 1. The molecule has 2 unspecified atom stereocenters. The summed E-state index contributed by atoms with van der Waals surface area (Å²) in [5.41, 5.74) is 0. The van der Waals surface area contributed by atoms with Crippen LogP contribution in [0.2, 0.25) is 0 Å². The molecule has 3 nitrogen and oxygen atoms in total. The van der Waals surface area contributed by atoms with E-state index in [1.54, 1.807) is 0 Å². The summed E-state index contributed by atoms with van der Waals surface area (Å²) in [6.07, 6.45) is 5.14. The van der Waals surface area contributed by atoms with Gasteiger partial charge in [0.25, 0.3) is 0 Å². The summed E-state index contributed by atoms with van der Waals surface area (Å²) in [5.74, 6) is 0.980. The molecule has 1 aromatic carbocycles. The van der Waals surface area contributed by atoms with Gasteiger partial charge in [-0.25, -0.2) is 0 Å². The number of piperidine rings is 1. The van der Waals surface area contributed by atoms with E-state index >= 15 is 0 Å². The maximum atomic E-state index is 5.80. The van der Waals surface area contributed by atoms with E-state index in [4.69, 9.17) is 4.74 Å². The van der Waals surface area contributed by atoms with Crippen LogP contribution < -0.4 is 10.1 Å². The predicted molar refractivity (Wildman–Crippen MR) is 88.9 cm³/mol. The van der Waals surface area contributed by atoms with Crippen LogP contribution in [-0.4, -0.2) is 43.2 Å². The maximum Gasteiger partial charge on any atom is 0.119 e. The molecule has 1 saturated heterocycles. The van der Waals surface area contributed by atoms with E-state index in [1.165, 1.54) is 25.8 Å². The minimum absolute atomic E-state index is 0.588. The van der Waals surface area contributed by atoms with Crippen LogP contribution in [0.1, 0.15) is 39.5 Å². The minimum atomic E-state index is 0.588. The number of ether oxygens (including phenoxy) is 1. The lowest BCUT2D eigenvalue weighted by Gasteiger charge is -2.39. The highest BCUT2D eigenvalue weighted by atomic mass is 16.5. The van der Waals surface area contributed by atoms with E-state index in [1.807, 2.05) is 30.3 Å². The van der Waals surface area contributed by atoms with Gasteiger partial charge >= 0.3 is 0 Å². The second-order valence-corrected chi connectivity index (χ2v) is 5.96. The zero-order valence-corrected chi connectivity index (χ0v) is 13.6. The third kappa shape index (κ3) is 5.33. The van der Waals surface area contributed by atoms with Gasteiger partial charge in [-0.1, -0.05) is 31.5 Å². The fourth-order valence-corrected chi connectivity index (χ4v) is 3.29. The molecule has 0 spiro atoms. The van der Waals surface area contributed by atoms with Gasteiger partial charge < -0.3 is 10.1 Å². The van der Waals surface area contributed by atoms with Gasteiger partial charge in [0.2, 0.25) is 0 Å². The standard InChI is InChI=1S/C18H30N2O/c1-3-19-16(2)18-12-7-8-13-20(18)14-9-15-21-17-10-5-4-6-11-17/h4-6,10-11,16,18-19H,3,7-9,12-15H2,1-2H3. The van der Waals surface area contributed by atoms with Gasteiger partial charge in [-0.15, -0.1) is 0 Å². The zero-order chi connectivity index (χ0) is 14.9. The summed E-state index contributed by atoms with van der Waals surface area (Å²) in [6, 6.07) is 11.4. The Bertz CT molecular complexity index is 382. The number of likely N-dealkylation sites (N-methyl/N-ethyl adjacent to an activating group) is 1. The van der Waals surface area contributed by atoms with E-state index in [9.17, 15) is 0 Å². The van der Waals surface area contributed by atoms with Gasteiger partial charge in [0, 0.05) is 18.6 Å². The van der Waals surface area contributed by atoms with Crippen molar-refractivity contribution in [1.29, 1.82) is 0 Å². The van der Waals surface area contributed by atoms with Crippen molar-refractivity contribution in [2.75, 3.05) is 26.2 Å². The second-order valence-electron chi connectivity index (χ2n) is 5.96. The van der Waals surface area contributed by atoms with Crippen LogP contribution >= 0.6 is 0 Å². The topological polar surface area (TPSA) is 24.5 Å². The Morgan fingerprint density at radius 2 is 2.10 bits per heavy atom. The van der Waals surface area contributed by atoms with Gasteiger partial charge in [-0.2, -0.15) is 0 Å². The normalized spacial score (nSPS) is 21.1. The molecule has 1 heterocycles. The van der Waals surface area contributed by atoms with Gasteiger partial charge in [0.1, 0.15) is 5.75 Å². The molecule has 0 saturated carbocycles. The Balaban J connectivity index is 1.72. The number of likely N-dealkylation sites (tertiary alicyclic amines) is 1. The van der Waals surface area contributed by atoms with Crippen LogP contribution in [-0.2, 0) is 0 Å². The first-order chi connectivity index (χ1) is 10.3. The quantitative estimate of drug-likeness (QED) is 0.743. The molecular formula is C18H30N2O. The zero-order valence-electron chi connectivity index (χ0n) is 13.6. The fraction of sp³-hybridized carbons (Fsp3) is 0.667. The predicted octanol–water partition coefficient (Wildman–Crippen LogP) is 3.31. The molecule has 1 aliphatic rings. The Morgan fingerprint density at radius 1 is 1.29 bits per heavy atom. The average molecular weight is 290 g/mol. The number of nitrogens with zero attached hydrogens (tertiary/aromatic N) is 1. The number of rotatable bonds is 8. The second kappa shape index (κ2) is 9.06. The molecule has 0 bridgehead atoms. The van der Waals surface area contributed by atoms with Crippen molar-refractivity contribution in [1.82, 2.24) is 10.2 Å². The van der Waals surface area contributed by atoms with Crippen LogP contribution in [0.3, 0.4) is 0 Å². The lowest BCUT2D eigenvalue weighted by atomic mass is 9.96. The minimum Gasteiger partial charge on any atom is -0.494 e. The van der Waals surface area contributed by atoms with Crippen molar-refractivity contribution in [3.05, 3.63) is 30.3 Å². The third-order valence-electron chi connectivity index (χ3n) is 4.37. The summed E-state index contributed by atoms with van der Waals surface area (Å²) < 4.78 is 5.80. The maximum absolute atomic E-state index is 5.80. The molecule has 0 aliphatic carbocycles. The number of hydrogen-bond acceptors (Lipinski definition) is 3. The van der Waals surface area contributed by atoms with Crippen molar-refractivity contribution in [2.45, 2.75) is 51.6 Å². The molecule has 1 fully saturated rings. The van der Waals surface area contributed by atoms with Gasteiger partial charge in [-0.05, 0) is 51.4 Å². The van der Waals surface area contributed by atoms with Crippen LogP contribution in [0.15, 0.2) is 30.3 Å². The Morgan fingerprint density at radius 3 is 2.86 bits per heavy atom. The van der Waals surface area contributed by atoms with Crippen molar-refractivity contribution < 1.29 is 4.74 Å². The Kier molecular flexibility index (Phi) is 7.04. The van der Waals surface area contributed by atoms with E-state index in [0.717, 1.165) is 31.9 Å². The van der Waals surface area contributed by atoms with E-state index in [2.05, 4.69) is 24.1 Å². The fourth-order valence-electron chi connectivity index (χ4n) is 3.29. The summed E-state index contributed by atoms with van der Waals surface area (Å²) >= 11 is 0. The average Bonchev–Trinajstić information content (AvgIpc) is 2.53. The van der Waals surface area contributed by atoms with Crippen molar-refractivity contribution in [3.63, 3.8) is 0 Å². The van der Waals surface area contributed by atoms with Crippen LogP contribution in [0, 0.1) is 0 Å². The highest BCUT2D eigenvalue weighted by molar-refractivity contribution is 5.20. The lowest BCUT2D eigenvalue weighted by molar-refractivity contribution is 0.112. The smallest absolute Gasteiger partial charge is 0.119 e. The third-order valence-corrected chi connectivity index (χ3v) is 4.37. The van der Waals surface area contributed by atoms with E-state index in [0.29, 0.717) is 12.1 Å². The van der Waals surface area contributed by atoms with Gasteiger partial charge in [0.15, 0.2) is 0 Å². The monoisotopic (exact) mass is 290 g/mol. The first kappa shape index (κ1) is 16.3. The van der Waals surface area contributed by atoms with Crippen molar-refractivity contribution >= 4 is 0 Å². The van der Waals surface area contributed by atoms with Gasteiger partial charge in [-0.3, -0.25) is 4.90 Å². The first-order valence-electron chi connectivity index (χ1n) is 8.46. The molecule has 1 aliphatic heterocycles. The van der Waals surface area contributed by atoms with Crippen LogP contribution in [0.5, 0.6) is 5.75 Å². The molecule has 0 radical (unpaired) electrons. The molecule has 0 aromatic heterocycles. The highest BCUT2D eigenvalue weighted by Crippen LogP contribution is 2.20. The van der Waals surface area contributed by atoms with Gasteiger partial charge in [0.05, 0.1) is 6.61 Å². The van der Waals surface area contributed by atoms with Crippen LogP contribution in [0.4, 0.5) is 0 Å². The highest BCUT2D eigenvalue weighted by Gasteiger charge is 2.26. The van der Waals surface area contributed by atoms with Crippen LogP contribution in [0.25, 0.3) is 0 Å².